The maximum Gasteiger partial charge on any atom is 0.222 e. The Labute approximate surface area is 116 Å². The fourth-order valence-electron chi connectivity index (χ4n) is 2.23. The van der Waals surface area contributed by atoms with E-state index in [1.807, 2.05) is 18.2 Å². The molecule has 0 aliphatic rings. The predicted molar refractivity (Wildman–Crippen MR) is 78.1 cm³/mol. The van der Waals surface area contributed by atoms with Crippen molar-refractivity contribution in [2.75, 3.05) is 13.1 Å². The molecule has 0 N–H and O–H groups in total. The van der Waals surface area contributed by atoms with Crippen molar-refractivity contribution in [3.63, 3.8) is 0 Å². The van der Waals surface area contributed by atoms with Crippen LogP contribution in [-0.4, -0.2) is 33.4 Å². The van der Waals surface area contributed by atoms with Crippen LogP contribution in [0.1, 0.15) is 50.9 Å². The lowest BCUT2D eigenvalue weighted by Crippen LogP contribution is -2.32. The number of hydrogen-bond donors (Lipinski definition) is 0. The SMILES string of the molecule is CCCN(CCC)C(=O)CCCn1cnc(C)c1C. The molecule has 0 saturated carbocycles. The molecule has 1 heterocycles. The molecule has 108 valence electrons. The minimum atomic E-state index is 0.290. The van der Waals surface area contributed by atoms with Crippen LogP contribution >= 0.6 is 0 Å². The van der Waals surface area contributed by atoms with Crippen LogP contribution in [0.15, 0.2) is 6.33 Å². The van der Waals surface area contributed by atoms with Gasteiger partial charge in [0.25, 0.3) is 0 Å². The molecule has 1 aromatic rings. The smallest absolute Gasteiger partial charge is 0.222 e. The lowest BCUT2D eigenvalue weighted by atomic mass is 10.2. The second-order valence-electron chi connectivity index (χ2n) is 5.09. The minimum Gasteiger partial charge on any atom is -0.343 e. The van der Waals surface area contributed by atoms with Gasteiger partial charge in [0.15, 0.2) is 0 Å². The van der Waals surface area contributed by atoms with E-state index in [0.717, 1.165) is 44.6 Å². The van der Waals surface area contributed by atoms with Crippen molar-refractivity contribution in [3.05, 3.63) is 17.7 Å². The lowest BCUT2D eigenvalue weighted by molar-refractivity contribution is -0.131. The first kappa shape index (κ1) is 15.7. The van der Waals surface area contributed by atoms with Crippen molar-refractivity contribution in [1.29, 1.82) is 0 Å². The number of nitrogens with zero attached hydrogens (tertiary/aromatic N) is 3. The zero-order chi connectivity index (χ0) is 14.3. The fraction of sp³-hybridized carbons (Fsp3) is 0.733. The van der Waals surface area contributed by atoms with Crippen LogP contribution in [0.2, 0.25) is 0 Å². The number of amides is 1. The van der Waals surface area contributed by atoms with E-state index in [4.69, 9.17) is 0 Å². The van der Waals surface area contributed by atoms with E-state index in [-0.39, 0.29) is 5.91 Å². The largest absolute Gasteiger partial charge is 0.343 e. The van der Waals surface area contributed by atoms with Gasteiger partial charge in [-0.2, -0.15) is 0 Å². The Kier molecular flexibility index (Phi) is 6.60. The first-order valence-corrected chi connectivity index (χ1v) is 7.36. The highest BCUT2D eigenvalue weighted by Gasteiger charge is 2.11. The number of hydrogen-bond acceptors (Lipinski definition) is 2. The summed E-state index contributed by atoms with van der Waals surface area (Å²) in [5.74, 6) is 0.290. The molecule has 0 spiro atoms. The van der Waals surface area contributed by atoms with Gasteiger partial charge in [-0.3, -0.25) is 4.79 Å². The van der Waals surface area contributed by atoms with Crippen molar-refractivity contribution < 1.29 is 4.79 Å². The normalized spacial score (nSPS) is 10.7. The molecule has 0 atom stereocenters. The monoisotopic (exact) mass is 265 g/mol. The zero-order valence-electron chi connectivity index (χ0n) is 12.8. The molecule has 19 heavy (non-hydrogen) atoms. The van der Waals surface area contributed by atoms with Gasteiger partial charge < -0.3 is 9.47 Å². The van der Waals surface area contributed by atoms with E-state index < -0.39 is 0 Å². The maximum absolute atomic E-state index is 12.1. The van der Waals surface area contributed by atoms with Crippen molar-refractivity contribution >= 4 is 5.91 Å². The van der Waals surface area contributed by atoms with Gasteiger partial charge in [-0.05, 0) is 33.1 Å². The highest BCUT2D eigenvalue weighted by molar-refractivity contribution is 5.76. The Morgan fingerprint density at radius 1 is 1.26 bits per heavy atom. The zero-order valence-corrected chi connectivity index (χ0v) is 12.8. The number of aryl methyl sites for hydroxylation is 2. The molecule has 1 aromatic heterocycles. The van der Waals surface area contributed by atoms with Gasteiger partial charge in [-0.25, -0.2) is 4.98 Å². The number of carbonyl (C=O) groups excluding carboxylic acids is 1. The Hall–Kier alpha value is -1.32. The first-order chi connectivity index (χ1) is 9.10. The topological polar surface area (TPSA) is 38.1 Å². The number of aromatic nitrogens is 2. The van der Waals surface area contributed by atoms with Crippen molar-refractivity contribution in [2.45, 2.75) is 59.9 Å². The molecule has 0 bridgehead atoms. The van der Waals surface area contributed by atoms with Crippen LogP contribution < -0.4 is 0 Å². The van der Waals surface area contributed by atoms with Crippen LogP contribution in [0.4, 0.5) is 0 Å². The summed E-state index contributed by atoms with van der Waals surface area (Å²) in [5, 5.41) is 0. The van der Waals surface area contributed by atoms with Crippen molar-refractivity contribution in [3.8, 4) is 0 Å². The molecule has 1 rings (SSSR count). The second kappa shape index (κ2) is 7.97. The van der Waals surface area contributed by atoms with E-state index in [1.165, 1.54) is 5.69 Å². The molecule has 0 unspecified atom stereocenters. The summed E-state index contributed by atoms with van der Waals surface area (Å²) in [4.78, 5) is 18.4. The molecule has 4 nitrogen and oxygen atoms in total. The summed E-state index contributed by atoms with van der Waals surface area (Å²) in [6.07, 6.45) is 5.46. The Morgan fingerprint density at radius 2 is 1.89 bits per heavy atom. The third-order valence-electron chi connectivity index (χ3n) is 3.47. The third kappa shape index (κ3) is 4.69. The maximum atomic E-state index is 12.1. The molecule has 0 aliphatic heterocycles. The number of rotatable bonds is 8. The second-order valence-corrected chi connectivity index (χ2v) is 5.09. The van der Waals surface area contributed by atoms with E-state index >= 15 is 0 Å². The molecule has 1 amide bonds. The quantitative estimate of drug-likeness (QED) is 0.725. The standard InChI is InChI=1S/C15H27N3O/c1-5-9-17(10-6-2)15(19)8-7-11-18-12-16-13(3)14(18)4/h12H,5-11H2,1-4H3. The average Bonchev–Trinajstić information content (AvgIpc) is 2.70. The summed E-state index contributed by atoms with van der Waals surface area (Å²) in [6.45, 7) is 11.0. The molecular formula is C15H27N3O. The summed E-state index contributed by atoms with van der Waals surface area (Å²) in [5.41, 5.74) is 2.27. The van der Waals surface area contributed by atoms with Gasteiger partial charge in [0, 0.05) is 31.7 Å². The number of carbonyl (C=O) groups is 1. The molecule has 0 aliphatic carbocycles. The van der Waals surface area contributed by atoms with Gasteiger partial charge >= 0.3 is 0 Å². The Bertz CT molecular complexity index is 392. The van der Waals surface area contributed by atoms with Crippen LogP contribution in [0.3, 0.4) is 0 Å². The summed E-state index contributed by atoms with van der Waals surface area (Å²) in [7, 11) is 0. The van der Waals surface area contributed by atoms with Gasteiger partial charge in [-0.15, -0.1) is 0 Å². The van der Waals surface area contributed by atoms with Crippen molar-refractivity contribution in [2.24, 2.45) is 0 Å². The minimum absolute atomic E-state index is 0.290. The molecule has 0 saturated heterocycles. The third-order valence-corrected chi connectivity index (χ3v) is 3.47. The van der Waals surface area contributed by atoms with E-state index in [9.17, 15) is 4.79 Å². The van der Waals surface area contributed by atoms with Gasteiger partial charge in [-0.1, -0.05) is 13.8 Å². The van der Waals surface area contributed by atoms with Crippen LogP contribution in [0.5, 0.6) is 0 Å². The Balaban J connectivity index is 2.39. The van der Waals surface area contributed by atoms with Crippen LogP contribution in [0.25, 0.3) is 0 Å². The van der Waals surface area contributed by atoms with E-state index in [1.54, 1.807) is 0 Å². The molecule has 0 radical (unpaired) electrons. The van der Waals surface area contributed by atoms with Crippen LogP contribution in [-0.2, 0) is 11.3 Å². The fourth-order valence-corrected chi connectivity index (χ4v) is 2.23. The lowest BCUT2D eigenvalue weighted by Gasteiger charge is -2.21. The highest BCUT2D eigenvalue weighted by Crippen LogP contribution is 2.07. The molecule has 0 fully saturated rings. The summed E-state index contributed by atoms with van der Waals surface area (Å²) in [6, 6.07) is 0. The molecule has 4 heteroatoms. The van der Waals surface area contributed by atoms with E-state index in [2.05, 4.69) is 30.3 Å². The molecular weight excluding hydrogens is 238 g/mol. The van der Waals surface area contributed by atoms with E-state index in [0.29, 0.717) is 6.42 Å². The number of imidazole rings is 1. The first-order valence-electron chi connectivity index (χ1n) is 7.36. The van der Waals surface area contributed by atoms with Crippen molar-refractivity contribution in [1.82, 2.24) is 14.5 Å². The van der Waals surface area contributed by atoms with Gasteiger partial charge in [0.2, 0.25) is 5.91 Å². The highest BCUT2D eigenvalue weighted by atomic mass is 16.2. The Morgan fingerprint density at radius 3 is 2.37 bits per heavy atom. The summed E-state index contributed by atoms with van der Waals surface area (Å²) >= 11 is 0. The predicted octanol–water partition coefficient (Wildman–Crippen LogP) is 2.93. The van der Waals surface area contributed by atoms with Crippen LogP contribution in [0, 0.1) is 13.8 Å². The van der Waals surface area contributed by atoms with Gasteiger partial charge in [0.1, 0.15) is 0 Å². The van der Waals surface area contributed by atoms with Gasteiger partial charge in [0.05, 0.1) is 12.0 Å². The summed E-state index contributed by atoms with van der Waals surface area (Å²) < 4.78 is 2.13. The molecule has 0 aromatic carbocycles. The average molecular weight is 265 g/mol.